The summed E-state index contributed by atoms with van der Waals surface area (Å²) in [6.07, 6.45) is 0.700. The van der Waals surface area contributed by atoms with Crippen LogP contribution in [0.1, 0.15) is 90.9 Å². The van der Waals surface area contributed by atoms with Crippen LogP contribution in [0.4, 0.5) is 15.6 Å². The van der Waals surface area contributed by atoms with Crippen LogP contribution in [0.15, 0.2) is 103 Å². The summed E-state index contributed by atoms with van der Waals surface area (Å²) in [5.74, 6) is -3.58. The van der Waals surface area contributed by atoms with Gasteiger partial charge in [0, 0.05) is 61.1 Å². The van der Waals surface area contributed by atoms with Gasteiger partial charge in [-0.15, -0.1) is 0 Å². The fourth-order valence-electron chi connectivity index (χ4n) is 14.4. The molecular formula is C63H68N8O14S. The number of nitrogens with one attached hydrogen (secondary N) is 2. The molecule has 450 valence electrons. The van der Waals surface area contributed by atoms with Gasteiger partial charge in [0.2, 0.25) is 12.2 Å². The number of hydrogen-bond donors (Lipinski definition) is 8. The Kier molecular flexibility index (Phi) is 16.3. The number of aromatic carboxylic acids is 1. The van der Waals surface area contributed by atoms with E-state index >= 15 is 0 Å². The average Bonchev–Trinajstić information content (AvgIpc) is 0.767. The molecule has 5 aliphatic rings. The quantitative estimate of drug-likeness (QED) is 0.0357. The van der Waals surface area contributed by atoms with Gasteiger partial charge < -0.3 is 60.4 Å². The number of carbonyl (C=O) groups excluding carboxylic acids is 3. The van der Waals surface area contributed by atoms with Crippen molar-refractivity contribution in [3.8, 4) is 28.1 Å². The van der Waals surface area contributed by atoms with Crippen LogP contribution in [-0.2, 0) is 30.3 Å². The van der Waals surface area contributed by atoms with Gasteiger partial charge in [-0.3, -0.25) is 19.6 Å². The van der Waals surface area contributed by atoms with Crippen molar-refractivity contribution in [1.82, 2.24) is 24.6 Å². The molecule has 3 amide bonds. The van der Waals surface area contributed by atoms with Gasteiger partial charge in [0.1, 0.15) is 30.7 Å². The predicted molar refractivity (Wildman–Crippen MR) is 319 cm³/mol. The van der Waals surface area contributed by atoms with Gasteiger partial charge in [0.05, 0.1) is 40.0 Å². The number of nitrogens with zero attached hydrogens (tertiary/aromatic N) is 5. The summed E-state index contributed by atoms with van der Waals surface area (Å²) in [5.41, 5.74) is 9.78. The van der Waals surface area contributed by atoms with E-state index in [2.05, 4.69) is 29.5 Å². The number of amides is 3. The lowest BCUT2D eigenvalue weighted by molar-refractivity contribution is -0.271. The largest absolute Gasteiger partial charge is 0.479 e. The van der Waals surface area contributed by atoms with Gasteiger partial charge >= 0.3 is 18.0 Å². The second-order valence-corrected chi connectivity index (χ2v) is 25.2. The smallest absolute Gasteiger partial charge is 0.409 e. The first kappa shape index (κ1) is 59.6. The third-order valence-corrected chi connectivity index (χ3v) is 18.0. The Labute approximate surface area is 498 Å². The molecular weight excluding hydrogens is 1120 g/mol. The van der Waals surface area contributed by atoms with Crippen LogP contribution in [0, 0.1) is 23.2 Å². The first-order chi connectivity index (χ1) is 41.0. The zero-order valence-corrected chi connectivity index (χ0v) is 48.7. The molecule has 2 unspecified atom stereocenters. The number of ether oxygens (including phenoxy) is 4. The molecule has 5 fully saturated rings. The van der Waals surface area contributed by atoms with E-state index in [-0.39, 0.29) is 72.0 Å². The highest BCUT2D eigenvalue weighted by Gasteiger charge is 2.66. The van der Waals surface area contributed by atoms with E-state index in [1.54, 1.807) is 49.7 Å². The molecule has 4 saturated carbocycles. The van der Waals surface area contributed by atoms with Gasteiger partial charge in [-0.05, 0) is 133 Å². The van der Waals surface area contributed by atoms with E-state index in [0.29, 0.717) is 50.6 Å². The minimum atomic E-state index is -1.92. The van der Waals surface area contributed by atoms with Crippen LogP contribution in [0.25, 0.3) is 49.4 Å². The zero-order valence-electron chi connectivity index (χ0n) is 47.9. The van der Waals surface area contributed by atoms with Crippen molar-refractivity contribution in [1.29, 1.82) is 0 Å². The number of fused-ring (bicyclic) bond motifs is 2. The molecule has 0 radical (unpaired) electrons. The topological polar surface area (TPSA) is 320 Å². The lowest BCUT2D eigenvalue weighted by atomic mass is 9.39. The highest BCUT2D eigenvalue weighted by molar-refractivity contribution is 7.22. The molecule has 3 aromatic heterocycles. The number of aromatic nitrogens is 4. The SMILES string of the molecule is Cc1c(-c2ccc(-c3ccc4cccc(C(=O)Nc5nc6ccccc6s5)c4c3)nc2C(=O)O)cnn1CC12CC3(C)CC(C)(C1)CC(OCCN(C)C(=O)OCC=Cc1ccc(O[C@@H]4O[C@H](C(=O)O)[C@@H](O)[C@H](O)[C@H]4O)c(NC(=O)CCN)c1)(C3)C2. The molecule has 4 aliphatic carbocycles. The number of carbonyl (C=O) groups is 5. The Hall–Kier alpha value is -8.16. The number of aliphatic hydroxyl groups is 3. The van der Waals surface area contributed by atoms with Crippen molar-refractivity contribution in [3.63, 3.8) is 0 Å². The van der Waals surface area contributed by atoms with Crippen LogP contribution >= 0.6 is 11.3 Å². The summed E-state index contributed by atoms with van der Waals surface area (Å²) in [5, 5.41) is 63.6. The van der Waals surface area contributed by atoms with Gasteiger partial charge in [-0.2, -0.15) is 5.10 Å². The van der Waals surface area contributed by atoms with E-state index in [0.717, 1.165) is 59.8 Å². The number of carboxylic acids is 2. The molecule has 1 saturated heterocycles. The molecule has 4 bridgehead atoms. The zero-order chi connectivity index (χ0) is 60.9. The summed E-state index contributed by atoms with van der Waals surface area (Å²) in [7, 11) is 1.64. The molecule has 4 heterocycles. The Bertz CT molecular complexity index is 3780. The van der Waals surface area contributed by atoms with Gasteiger partial charge in [-0.25, -0.2) is 24.4 Å². The first-order valence-corrected chi connectivity index (χ1v) is 29.3. The summed E-state index contributed by atoms with van der Waals surface area (Å²) < 4.78 is 26.5. The molecule has 22 nitrogen and oxygen atoms in total. The minimum Gasteiger partial charge on any atom is -0.479 e. The summed E-state index contributed by atoms with van der Waals surface area (Å²) in [6, 6.07) is 26.9. The molecule has 7 atom stereocenters. The molecule has 23 heteroatoms. The maximum atomic E-state index is 13.7. The average molecular weight is 1190 g/mol. The van der Waals surface area contributed by atoms with E-state index < -0.39 is 60.2 Å². The van der Waals surface area contributed by atoms with E-state index in [1.807, 2.05) is 66.2 Å². The number of aliphatic hydroxyl groups excluding tert-OH is 3. The Balaban J connectivity index is 0.726. The van der Waals surface area contributed by atoms with Crippen molar-refractivity contribution >= 4 is 79.1 Å². The number of likely N-dealkylation sites (N-methyl/N-ethyl adjacent to an activating group) is 1. The highest BCUT2D eigenvalue weighted by Crippen LogP contribution is 2.72. The number of hydrogen-bond acceptors (Lipinski definition) is 17. The summed E-state index contributed by atoms with van der Waals surface area (Å²) in [6.45, 7) is 7.78. The van der Waals surface area contributed by atoms with Gasteiger partial charge in [0.15, 0.2) is 16.9 Å². The lowest BCUT2D eigenvalue weighted by Crippen LogP contribution is -2.64. The predicted octanol–water partition coefficient (Wildman–Crippen LogP) is 8.11. The van der Waals surface area contributed by atoms with Gasteiger partial charge in [0.25, 0.3) is 5.91 Å². The number of para-hydroxylation sites is 1. The Morgan fingerprint density at radius 1 is 0.860 bits per heavy atom. The number of carboxylic acid groups (broad SMARTS) is 2. The second kappa shape index (κ2) is 23.6. The number of nitrogens with two attached hydrogens (primary N) is 1. The number of rotatable bonds is 20. The van der Waals surface area contributed by atoms with Crippen LogP contribution in [0.2, 0.25) is 0 Å². The number of thiazole rings is 1. The van der Waals surface area contributed by atoms with Crippen LogP contribution in [0.3, 0.4) is 0 Å². The molecule has 1 aliphatic heterocycles. The number of pyridine rings is 1. The summed E-state index contributed by atoms with van der Waals surface area (Å²) >= 11 is 1.39. The highest BCUT2D eigenvalue weighted by atomic mass is 32.1. The standard InChI is InChI=1S/C63H68N8O14S/c1-35-42(39-17-18-43(67-49(39)55(77)78)38-16-15-37-10-7-11-40(41(37)26-38)54(76)69-58-68-44-12-5-6-13-47(44)86-58)27-65-71(35)34-62-29-60(2)28-61(3,30-62)32-63(31-60,33-62)83-24-22-70(4)59(81)82-23-8-9-36-14-19-46(45(25-36)66-48(72)20-21-64)84-57-52(75)50(73)51(74)53(85-57)56(79)80/h5-19,25-27,50-53,57,73-75H,20-24,28-34,64H2,1-4H3,(H,66,72)(H,77,78)(H,79,80)(H,68,69,76)/t50-,51-,52+,53-,57+,60?,61?,62?,63?/m0/s1. The van der Waals surface area contributed by atoms with Crippen molar-refractivity contribution in [3.05, 3.63) is 126 Å². The second-order valence-electron chi connectivity index (χ2n) is 24.2. The van der Waals surface area contributed by atoms with Crippen molar-refractivity contribution in [2.75, 3.05) is 44.0 Å². The normalized spacial score (nSPS) is 25.8. The fraction of sp³-hybridized carbons (Fsp3) is 0.397. The van der Waals surface area contributed by atoms with E-state index in [9.17, 15) is 49.5 Å². The van der Waals surface area contributed by atoms with E-state index in [1.165, 1.54) is 28.4 Å². The first-order valence-electron chi connectivity index (χ1n) is 28.4. The number of aliphatic carboxylic acids is 1. The van der Waals surface area contributed by atoms with Crippen molar-refractivity contribution < 1.29 is 68.5 Å². The van der Waals surface area contributed by atoms with Crippen molar-refractivity contribution in [2.45, 2.75) is 109 Å². The fourth-order valence-corrected chi connectivity index (χ4v) is 15.3. The van der Waals surface area contributed by atoms with Crippen LogP contribution in [-0.4, -0.2) is 150 Å². The monoisotopic (exact) mass is 1190 g/mol. The summed E-state index contributed by atoms with van der Waals surface area (Å²) in [4.78, 5) is 75.1. The van der Waals surface area contributed by atoms with Crippen molar-refractivity contribution in [2.24, 2.45) is 22.0 Å². The number of benzene rings is 4. The molecule has 9 N–H and O–H groups in total. The molecule has 7 aromatic rings. The molecule has 86 heavy (non-hydrogen) atoms. The van der Waals surface area contributed by atoms with Crippen LogP contribution in [0.5, 0.6) is 5.75 Å². The molecule has 12 rings (SSSR count). The van der Waals surface area contributed by atoms with Crippen LogP contribution < -0.4 is 21.1 Å². The Morgan fingerprint density at radius 2 is 1.64 bits per heavy atom. The third-order valence-electron chi connectivity index (χ3n) is 17.0. The Morgan fingerprint density at radius 3 is 2.38 bits per heavy atom. The number of anilines is 2. The maximum absolute atomic E-state index is 13.7. The van der Waals surface area contributed by atoms with E-state index in [4.69, 9.17) is 34.8 Å². The van der Waals surface area contributed by atoms with Gasteiger partial charge in [-0.1, -0.05) is 73.7 Å². The molecule has 4 aromatic carbocycles. The maximum Gasteiger partial charge on any atom is 0.409 e. The molecule has 0 spiro atoms. The minimum absolute atomic E-state index is 0.000631. The third kappa shape index (κ3) is 12.2. The lowest BCUT2D eigenvalue weighted by Gasteiger charge is -2.69.